The molecule has 82 valence electrons. The lowest BCUT2D eigenvalue weighted by Gasteiger charge is -2.08. The number of ether oxygens (including phenoxy) is 1. The van der Waals surface area contributed by atoms with E-state index >= 15 is 0 Å². The van der Waals surface area contributed by atoms with Crippen LogP contribution in [0.3, 0.4) is 0 Å². The second-order valence-corrected chi connectivity index (χ2v) is 5.39. The average molecular weight is 336 g/mol. The van der Waals surface area contributed by atoms with E-state index < -0.39 is 0 Å². The van der Waals surface area contributed by atoms with Crippen LogP contribution < -0.4 is 0 Å². The summed E-state index contributed by atoms with van der Waals surface area (Å²) in [7, 11) is 0. The first kappa shape index (κ1) is 12.7. The van der Waals surface area contributed by atoms with E-state index in [0.29, 0.717) is 18.1 Å². The Hall–Kier alpha value is -0.350. The molecule has 15 heavy (non-hydrogen) atoms. The van der Waals surface area contributed by atoms with Gasteiger partial charge in [0.1, 0.15) is 0 Å². The van der Waals surface area contributed by atoms with Crippen molar-refractivity contribution in [2.45, 2.75) is 13.8 Å². The first-order valence-corrected chi connectivity index (χ1v) is 6.21. The summed E-state index contributed by atoms with van der Waals surface area (Å²) >= 11 is 6.63. The minimum Gasteiger partial charge on any atom is -0.462 e. The number of esters is 1. The van der Waals surface area contributed by atoms with E-state index in [2.05, 4.69) is 31.9 Å². The number of rotatable bonds is 3. The Labute approximate surface area is 106 Å². The van der Waals surface area contributed by atoms with Crippen molar-refractivity contribution in [3.63, 3.8) is 0 Å². The van der Waals surface area contributed by atoms with Crippen LogP contribution in [0.15, 0.2) is 27.1 Å². The predicted molar refractivity (Wildman–Crippen MR) is 67.0 cm³/mol. The summed E-state index contributed by atoms with van der Waals surface area (Å²) < 4.78 is 6.75. The molecule has 0 heterocycles. The molecule has 1 rings (SSSR count). The van der Waals surface area contributed by atoms with Crippen molar-refractivity contribution in [3.8, 4) is 0 Å². The van der Waals surface area contributed by atoms with E-state index in [1.165, 1.54) is 0 Å². The number of benzene rings is 1. The fourth-order valence-corrected chi connectivity index (χ4v) is 1.74. The van der Waals surface area contributed by atoms with Crippen LogP contribution in [0, 0.1) is 5.92 Å². The maximum atomic E-state index is 11.6. The van der Waals surface area contributed by atoms with Gasteiger partial charge in [-0.3, -0.25) is 0 Å². The molecular weight excluding hydrogens is 324 g/mol. The van der Waals surface area contributed by atoms with Gasteiger partial charge < -0.3 is 4.74 Å². The Morgan fingerprint density at radius 1 is 1.40 bits per heavy atom. The second-order valence-electron chi connectivity index (χ2n) is 3.62. The van der Waals surface area contributed by atoms with Gasteiger partial charge in [-0.05, 0) is 40.0 Å². The molecule has 1 aromatic rings. The van der Waals surface area contributed by atoms with Gasteiger partial charge in [-0.1, -0.05) is 29.8 Å². The smallest absolute Gasteiger partial charge is 0.339 e. The van der Waals surface area contributed by atoms with Gasteiger partial charge in [-0.15, -0.1) is 0 Å². The van der Waals surface area contributed by atoms with Crippen molar-refractivity contribution >= 4 is 37.8 Å². The van der Waals surface area contributed by atoms with E-state index in [4.69, 9.17) is 4.74 Å². The molecule has 0 atom stereocenters. The van der Waals surface area contributed by atoms with Gasteiger partial charge in [-0.2, -0.15) is 0 Å². The van der Waals surface area contributed by atoms with E-state index in [0.717, 1.165) is 8.95 Å². The Kier molecular flexibility index (Phi) is 4.80. The van der Waals surface area contributed by atoms with Crippen LogP contribution >= 0.6 is 31.9 Å². The van der Waals surface area contributed by atoms with Gasteiger partial charge in [0.25, 0.3) is 0 Å². The minimum atomic E-state index is -0.295. The third-order valence-corrected chi connectivity index (χ3v) is 2.88. The van der Waals surface area contributed by atoms with Crippen LogP contribution in [0.1, 0.15) is 24.2 Å². The summed E-state index contributed by atoms with van der Waals surface area (Å²) in [6, 6.07) is 5.42. The summed E-state index contributed by atoms with van der Waals surface area (Å²) in [6.07, 6.45) is 0. The van der Waals surface area contributed by atoms with E-state index in [9.17, 15) is 4.79 Å². The fourth-order valence-electron chi connectivity index (χ4n) is 0.974. The highest BCUT2D eigenvalue weighted by molar-refractivity contribution is 9.11. The maximum Gasteiger partial charge on any atom is 0.339 e. The molecule has 2 nitrogen and oxygen atoms in total. The van der Waals surface area contributed by atoms with Gasteiger partial charge in [0.05, 0.1) is 12.2 Å². The molecule has 0 N–H and O–H groups in total. The lowest BCUT2D eigenvalue weighted by molar-refractivity contribution is 0.0458. The van der Waals surface area contributed by atoms with E-state index in [-0.39, 0.29) is 5.97 Å². The summed E-state index contributed by atoms with van der Waals surface area (Å²) in [5.74, 6) is 0.0525. The quantitative estimate of drug-likeness (QED) is 0.780. The molecule has 0 saturated carbocycles. The van der Waals surface area contributed by atoms with Crippen LogP contribution in [0.25, 0.3) is 0 Å². The number of hydrogen-bond acceptors (Lipinski definition) is 2. The highest BCUT2D eigenvalue weighted by atomic mass is 79.9. The molecule has 0 amide bonds. The molecule has 0 aromatic heterocycles. The van der Waals surface area contributed by atoms with Crippen molar-refractivity contribution in [1.82, 2.24) is 0 Å². The first-order valence-electron chi connectivity index (χ1n) is 4.63. The summed E-state index contributed by atoms with van der Waals surface area (Å²) in [5, 5.41) is 0. The van der Waals surface area contributed by atoms with Crippen molar-refractivity contribution in [3.05, 3.63) is 32.7 Å². The maximum absolute atomic E-state index is 11.6. The number of hydrogen-bond donors (Lipinski definition) is 0. The first-order chi connectivity index (χ1) is 7.00. The Morgan fingerprint density at radius 3 is 2.67 bits per heavy atom. The molecule has 0 saturated heterocycles. The van der Waals surface area contributed by atoms with Gasteiger partial charge in [0, 0.05) is 8.95 Å². The lowest BCUT2D eigenvalue weighted by atomic mass is 10.2. The van der Waals surface area contributed by atoms with Crippen molar-refractivity contribution in [2.24, 2.45) is 5.92 Å². The molecule has 0 spiro atoms. The molecule has 0 aliphatic rings. The van der Waals surface area contributed by atoms with E-state index in [1.807, 2.05) is 26.0 Å². The lowest BCUT2D eigenvalue weighted by Crippen LogP contribution is -2.10. The molecule has 0 aliphatic heterocycles. The monoisotopic (exact) mass is 334 g/mol. The standard InChI is InChI=1S/C11H12Br2O2/c1-7(2)6-15-11(14)9-5-8(12)3-4-10(9)13/h3-5,7H,6H2,1-2H3. The molecule has 4 heteroatoms. The molecule has 0 bridgehead atoms. The SMILES string of the molecule is CC(C)COC(=O)c1cc(Br)ccc1Br. The normalized spacial score (nSPS) is 10.5. The molecule has 0 aliphatic carbocycles. The fraction of sp³-hybridized carbons (Fsp3) is 0.364. The third-order valence-electron chi connectivity index (χ3n) is 1.70. The van der Waals surface area contributed by atoms with Gasteiger partial charge in [-0.25, -0.2) is 4.79 Å². The number of carbonyl (C=O) groups is 1. The topological polar surface area (TPSA) is 26.3 Å². The molecule has 1 aromatic carbocycles. The average Bonchev–Trinajstić information content (AvgIpc) is 2.18. The van der Waals surface area contributed by atoms with Crippen LogP contribution in [0.2, 0.25) is 0 Å². The number of halogens is 2. The van der Waals surface area contributed by atoms with Gasteiger partial charge in [0.2, 0.25) is 0 Å². The predicted octanol–water partition coefficient (Wildman–Crippen LogP) is 4.02. The molecule has 0 unspecified atom stereocenters. The zero-order chi connectivity index (χ0) is 11.4. The van der Waals surface area contributed by atoms with Crippen LogP contribution in [0.4, 0.5) is 0 Å². The van der Waals surface area contributed by atoms with Crippen molar-refractivity contribution in [1.29, 1.82) is 0 Å². The highest BCUT2D eigenvalue weighted by Crippen LogP contribution is 2.22. The Morgan fingerprint density at radius 2 is 2.07 bits per heavy atom. The summed E-state index contributed by atoms with van der Waals surface area (Å²) in [6.45, 7) is 4.45. The van der Waals surface area contributed by atoms with Crippen LogP contribution in [-0.4, -0.2) is 12.6 Å². The highest BCUT2D eigenvalue weighted by Gasteiger charge is 2.12. The zero-order valence-corrected chi connectivity index (χ0v) is 11.8. The Balaban J connectivity index is 2.77. The van der Waals surface area contributed by atoms with Gasteiger partial charge >= 0.3 is 5.97 Å². The van der Waals surface area contributed by atoms with E-state index in [1.54, 1.807) is 6.07 Å². The van der Waals surface area contributed by atoms with Crippen molar-refractivity contribution in [2.75, 3.05) is 6.61 Å². The Bertz CT molecular complexity index is 362. The second kappa shape index (κ2) is 5.66. The molecular formula is C11H12Br2O2. The summed E-state index contributed by atoms with van der Waals surface area (Å²) in [4.78, 5) is 11.6. The third kappa shape index (κ3) is 3.95. The molecule has 0 radical (unpaired) electrons. The minimum absolute atomic E-state index is 0.295. The zero-order valence-electron chi connectivity index (χ0n) is 8.59. The largest absolute Gasteiger partial charge is 0.462 e. The number of carbonyl (C=O) groups excluding carboxylic acids is 1. The van der Waals surface area contributed by atoms with Crippen molar-refractivity contribution < 1.29 is 9.53 Å². The van der Waals surface area contributed by atoms with Crippen LogP contribution in [0.5, 0.6) is 0 Å². The van der Waals surface area contributed by atoms with Crippen LogP contribution in [-0.2, 0) is 4.74 Å². The van der Waals surface area contributed by atoms with Gasteiger partial charge in [0.15, 0.2) is 0 Å². The summed E-state index contributed by atoms with van der Waals surface area (Å²) in [5.41, 5.74) is 0.546. The molecule has 0 fully saturated rings.